The second kappa shape index (κ2) is 2.73. The average Bonchev–Trinajstić information content (AvgIpc) is 2.45. The number of hydrogen-bond acceptors (Lipinski definition) is 3. The zero-order valence-electron chi connectivity index (χ0n) is 6.93. The third kappa shape index (κ3) is 1.08. The monoisotopic (exact) mass is 157 g/mol. The lowest BCUT2D eigenvalue weighted by atomic mass is 9.82. The van der Waals surface area contributed by atoms with Gasteiger partial charge in [-0.3, -0.25) is 0 Å². The largest absolute Gasteiger partial charge is 0.384 e. The highest BCUT2D eigenvalue weighted by Crippen LogP contribution is 2.37. The molecule has 3 heteroatoms. The Hall–Kier alpha value is -0.120. The van der Waals surface area contributed by atoms with Gasteiger partial charge in [0.05, 0.1) is 19.8 Å². The molecule has 64 valence electrons. The molecule has 0 aromatic rings. The molecular formula is C8H15NO2. The first kappa shape index (κ1) is 7.53. The van der Waals surface area contributed by atoms with Crippen molar-refractivity contribution in [1.29, 1.82) is 0 Å². The number of nitrogens with one attached hydrogen (secondary N) is 1. The predicted octanol–water partition coefficient (Wildman–Crippen LogP) is -0.131. The summed E-state index contributed by atoms with van der Waals surface area (Å²) in [5.74, 6) is 0.683. The third-order valence-corrected chi connectivity index (χ3v) is 2.87. The first-order chi connectivity index (χ1) is 5.37. The maximum Gasteiger partial charge on any atom is 0.0560 e. The smallest absolute Gasteiger partial charge is 0.0560 e. The van der Waals surface area contributed by atoms with Gasteiger partial charge in [0.15, 0.2) is 0 Å². The van der Waals surface area contributed by atoms with E-state index in [1.54, 1.807) is 7.11 Å². The van der Waals surface area contributed by atoms with Crippen molar-refractivity contribution in [2.75, 3.05) is 40.0 Å². The minimum atomic E-state index is 0.300. The second-order valence-electron chi connectivity index (χ2n) is 3.64. The summed E-state index contributed by atoms with van der Waals surface area (Å²) in [6.45, 7) is 4.79. The molecule has 0 spiro atoms. The number of fused-ring (bicyclic) bond motifs is 1. The van der Waals surface area contributed by atoms with Crippen molar-refractivity contribution in [3.8, 4) is 0 Å². The molecule has 2 aliphatic rings. The van der Waals surface area contributed by atoms with Gasteiger partial charge in [-0.1, -0.05) is 0 Å². The van der Waals surface area contributed by atoms with Crippen LogP contribution < -0.4 is 5.32 Å². The Morgan fingerprint density at radius 2 is 2.64 bits per heavy atom. The molecule has 0 amide bonds. The molecule has 0 aliphatic carbocycles. The van der Waals surface area contributed by atoms with Gasteiger partial charge in [-0.05, 0) is 0 Å². The molecule has 1 N–H and O–H groups in total. The molecule has 0 unspecified atom stereocenters. The van der Waals surface area contributed by atoms with Crippen LogP contribution in [0.25, 0.3) is 0 Å². The third-order valence-electron chi connectivity index (χ3n) is 2.87. The van der Waals surface area contributed by atoms with Crippen molar-refractivity contribution in [1.82, 2.24) is 5.32 Å². The van der Waals surface area contributed by atoms with E-state index in [1.807, 2.05) is 0 Å². The first-order valence-electron chi connectivity index (χ1n) is 4.15. The summed E-state index contributed by atoms with van der Waals surface area (Å²) in [5, 5.41) is 3.39. The Bertz CT molecular complexity index is 139. The molecule has 2 fully saturated rings. The molecule has 0 saturated carbocycles. The highest BCUT2D eigenvalue weighted by molar-refractivity contribution is 4.98. The zero-order valence-corrected chi connectivity index (χ0v) is 6.93. The molecule has 0 aromatic heterocycles. The second-order valence-corrected chi connectivity index (χ2v) is 3.64. The van der Waals surface area contributed by atoms with E-state index < -0.39 is 0 Å². The summed E-state index contributed by atoms with van der Waals surface area (Å²) < 4.78 is 10.7. The van der Waals surface area contributed by atoms with E-state index in [9.17, 15) is 0 Å². The normalized spacial score (nSPS) is 42.8. The molecule has 3 nitrogen and oxygen atoms in total. The van der Waals surface area contributed by atoms with E-state index in [4.69, 9.17) is 9.47 Å². The summed E-state index contributed by atoms with van der Waals surface area (Å²) in [5.41, 5.74) is 0.300. The summed E-state index contributed by atoms with van der Waals surface area (Å²) in [4.78, 5) is 0. The lowest BCUT2D eigenvalue weighted by molar-refractivity contribution is 0.0646. The van der Waals surface area contributed by atoms with Gasteiger partial charge in [0.1, 0.15) is 0 Å². The van der Waals surface area contributed by atoms with Gasteiger partial charge in [-0.2, -0.15) is 0 Å². The van der Waals surface area contributed by atoms with Crippen LogP contribution in [0.5, 0.6) is 0 Å². The Morgan fingerprint density at radius 1 is 1.73 bits per heavy atom. The number of methoxy groups -OCH3 is 1. The van der Waals surface area contributed by atoms with E-state index in [2.05, 4.69) is 5.32 Å². The summed E-state index contributed by atoms with van der Waals surface area (Å²) >= 11 is 0. The fraction of sp³-hybridized carbons (Fsp3) is 1.00. The maximum atomic E-state index is 5.45. The fourth-order valence-corrected chi connectivity index (χ4v) is 2.16. The van der Waals surface area contributed by atoms with Crippen molar-refractivity contribution in [2.45, 2.75) is 0 Å². The van der Waals surface area contributed by atoms with E-state index in [0.717, 1.165) is 32.9 Å². The lowest BCUT2D eigenvalue weighted by Gasteiger charge is -2.24. The van der Waals surface area contributed by atoms with Gasteiger partial charge in [0.2, 0.25) is 0 Å². The van der Waals surface area contributed by atoms with Crippen molar-refractivity contribution >= 4 is 0 Å². The van der Waals surface area contributed by atoms with Crippen molar-refractivity contribution in [2.24, 2.45) is 11.3 Å². The van der Waals surface area contributed by atoms with Crippen LogP contribution in [0, 0.1) is 11.3 Å². The standard InChI is InChI=1S/C8H15NO2/c1-10-5-8-4-9-2-7(8)3-11-6-8/h7,9H,2-6H2,1H3/t7-,8-/m1/s1. The topological polar surface area (TPSA) is 30.5 Å². The van der Waals surface area contributed by atoms with Gasteiger partial charge in [0.25, 0.3) is 0 Å². The fourth-order valence-electron chi connectivity index (χ4n) is 2.16. The lowest BCUT2D eigenvalue weighted by Crippen LogP contribution is -2.34. The van der Waals surface area contributed by atoms with Crippen molar-refractivity contribution < 1.29 is 9.47 Å². The Balaban J connectivity index is 2.07. The quantitative estimate of drug-likeness (QED) is 0.605. The highest BCUT2D eigenvalue weighted by Gasteiger charge is 2.47. The molecule has 2 atom stereocenters. The molecule has 0 radical (unpaired) electrons. The van der Waals surface area contributed by atoms with Crippen LogP contribution in [0.15, 0.2) is 0 Å². The average molecular weight is 157 g/mol. The number of hydrogen-bond donors (Lipinski definition) is 1. The van der Waals surface area contributed by atoms with Crippen LogP contribution in [0.3, 0.4) is 0 Å². The van der Waals surface area contributed by atoms with Crippen LogP contribution >= 0.6 is 0 Å². The molecule has 2 heterocycles. The van der Waals surface area contributed by atoms with Crippen LogP contribution in [-0.4, -0.2) is 40.0 Å². The van der Waals surface area contributed by atoms with Crippen LogP contribution in [0.4, 0.5) is 0 Å². The Kier molecular flexibility index (Phi) is 1.87. The molecule has 0 aromatic carbocycles. The highest BCUT2D eigenvalue weighted by atomic mass is 16.5. The Labute approximate surface area is 67.1 Å². The molecule has 2 aliphatic heterocycles. The minimum Gasteiger partial charge on any atom is -0.384 e. The predicted molar refractivity (Wildman–Crippen MR) is 41.5 cm³/mol. The number of rotatable bonds is 2. The molecule has 2 saturated heterocycles. The van der Waals surface area contributed by atoms with E-state index in [0.29, 0.717) is 11.3 Å². The minimum absolute atomic E-state index is 0.300. The molecule has 11 heavy (non-hydrogen) atoms. The molecule has 2 rings (SSSR count). The van der Waals surface area contributed by atoms with Gasteiger partial charge < -0.3 is 14.8 Å². The summed E-state index contributed by atoms with van der Waals surface area (Å²) in [6, 6.07) is 0. The molecule has 0 bridgehead atoms. The van der Waals surface area contributed by atoms with Crippen molar-refractivity contribution in [3.63, 3.8) is 0 Å². The number of ether oxygens (including phenoxy) is 2. The Morgan fingerprint density at radius 3 is 3.45 bits per heavy atom. The van der Waals surface area contributed by atoms with E-state index in [1.165, 1.54) is 0 Å². The van der Waals surface area contributed by atoms with Crippen LogP contribution in [0.1, 0.15) is 0 Å². The zero-order chi connectivity index (χ0) is 7.73. The van der Waals surface area contributed by atoms with Crippen LogP contribution in [0.2, 0.25) is 0 Å². The summed E-state index contributed by atoms with van der Waals surface area (Å²) in [6.07, 6.45) is 0. The van der Waals surface area contributed by atoms with E-state index >= 15 is 0 Å². The van der Waals surface area contributed by atoms with Crippen molar-refractivity contribution in [3.05, 3.63) is 0 Å². The van der Waals surface area contributed by atoms with E-state index in [-0.39, 0.29) is 0 Å². The van der Waals surface area contributed by atoms with Gasteiger partial charge >= 0.3 is 0 Å². The summed E-state index contributed by atoms with van der Waals surface area (Å²) in [7, 11) is 1.77. The first-order valence-corrected chi connectivity index (χ1v) is 4.15. The van der Waals surface area contributed by atoms with Gasteiger partial charge in [-0.15, -0.1) is 0 Å². The SMILES string of the molecule is COC[C@@]12CNC[C@@H]1COC2. The van der Waals surface area contributed by atoms with Crippen LogP contribution in [-0.2, 0) is 9.47 Å². The maximum absolute atomic E-state index is 5.45. The molecular weight excluding hydrogens is 142 g/mol. The van der Waals surface area contributed by atoms with Gasteiger partial charge in [-0.25, -0.2) is 0 Å². The van der Waals surface area contributed by atoms with Gasteiger partial charge in [0, 0.05) is 31.5 Å².